The zero-order valence-electron chi connectivity index (χ0n) is 21.2. The van der Waals surface area contributed by atoms with E-state index in [1.807, 2.05) is 11.0 Å². The Bertz CT molecular complexity index is 1020. The predicted molar refractivity (Wildman–Crippen MR) is 137 cm³/mol. The van der Waals surface area contributed by atoms with Crippen molar-refractivity contribution in [2.24, 2.45) is 11.8 Å². The van der Waals surface area contributed by atoms with Gasteiger partial charge in [-0.1, -0.05) is 27.7 Å². The van der Waals surface area contributed by atoms with Crippen LogP contribution in [0.3, 0.4) is 0 Å². The van der Waals surface area contributed by atoms with Crippen molar-refractivity contribution < 1.29 is 19.4 Å². The highest BCUT2D eigenvalue weighted by atomic mass is 32.1. The van der Waals surface area contributed by atoms with Crippen LogP contribution in [0.2, 0.25) is 0 Å². The lowest BCUT2D eigenvalue weighted by Gasteiger charge is -2.39. The molecule has 35 heavy (non-hydrogen) atoms. The fourth-order valence-electron chi connectivity index (χ4n) is 5.24. The van der Waals surface area contributed by atoms with Gasteiger partial charge in [0.1, 0.15) is 11.2 Å². The molecule has 0 aromatic carbocycles. The van der Waals surface area contributed by atoms with Gasteiger partial charge in [-0.3, -0.25) is 4.79 Å². The largest absolute Gasteiger partial charge is 0.487 e. The first-order valence-corrected chi connectivity index (χ1v) is 13.6. The summed E-state index contributed by atoms with van der Waals surface area (Å²) in [4.78, 5) is 37.5. The number of carbonyl (C=O) groups is 2. The molecule has 8 heteroatoms. The number of carboxylic acids is 1. The average molecular weight is 500 g/mol. The maximum Gasteiger partial charge on any atom is 0.348 e. The lowest BCUT2D eigenvalue weighted by molar-refractivity contribution is -0.124. The maximum atomic E-state index is 14.0. The number of hydrogen-bond acceptors (Lipinski definition) is 6. The molecule has 0 radical (unpaired) electrons. The monoisotopic (exact) mass is 499 g/mol. The summed E-state index contributed by atoms with van der Waals surface area (Å²) in [5.41, 5.74) is 0.391. The average Bonchev–Trinajstić information content (AvgIpc) is 3.27. The number of ether oxygens (including phenoxy) is 1. The zero-order chi connectivity index (χ0) is 25.2. The van der Waals surface area contributed by atoms with Gasteiger partial charge in [-0.25, -0.2) is 14.8 Å². The molecule has 0 saturated heterocycles. The standard InChI is InChI=1S/C27H37N3O4S/c1-17-5-7-18(8-6-17)25(31)30(22-13-23(27(2,3)4)35-24(22)26(32)33)19-9-11-20(12-10-19)34-21-14-28-16-29-15-21/h13-20H,5-12H2,1-4H3,(H,32,33). The molecule has 2 aromatic heterocycles. The van der Waals surface area contributed by atoms with E-state index in [9.17, 15) is 14.7 Å². The van der Waals surface area contributed by atoms with Crippen LogP contribution in [0.1, 0.15) is 93.6 Å². The number of nitrogens with zero attached hydrogens (tertiary/aromatic N) is 3. The van der Waals surface area contributed by atoms with Crippen LogP contribution in [0.5, 0.6) is 5.75 Å². The van der Waals surface area contributed by atoms with Crippen LogP contribution in [-0.4, -0.2) is 39.1 Å². The highest BCUT2D eigenvalue weighted by Gasteiger charge is 2.38. The van der Waals surface area contributed by atoms with E-state index < -0.39 is 5.97 Å². The molecule has 190 valence electrons. The Balaban J connectivity index is 1.60. The number of anilines is 1. The van der Waals surface area contributed by atoms with Crippen LogP contribution in [-0.2, 0) is 10.2 Å². The van der Waals surface area contributed by atoms with Crippen molar-refractivity contribution in [2.75, 3.05) is 4.90 Å². The Morgan fingerprint density at radius 1 is 1.03 bits per heavy atom. The molecule has 2 aliphatic carbocycles. The Morgan fingerprint density at radius 3 is 2.23 bits per heavy atom. The Hall–Kier alpha value is -2.48. The summed E-state index contributed by atoms with van der Waals surface area (Å²) in [6.45, 7) is 8.49. The van der Waals surface area contributed by atoms with Gasteiger partial charge in [-0.15, -0.1) is 11.3 Å². The van der Waals surface area contributed by atoms with Gasteiger partial charge in [-0.2, -0.15) is 0 Å². The summed E-state index contributed by atoms with van der Waals surface area (Å²) in [7, 11) is 0. The number of carboxylic acid groups (broad SMARTS) is 1. The van der Waals surface area contributed by atoms with Crippen molar-refractivity contribution in [1.29, 1.82) is 0 Å². The SMILES string of the molecule is CC1CCC(C(=O)N(c2cc(C(C)(C)C)sc2C(=O)O)C2CCC(Oc3cncnc3)CC2)CC1. The van der Waals surface area contributed by atoms with Gasteiger partial charge in [0.05, 0.1) is 24.2 Å². The molecule has 7 nitrogen and oxygen atoms in total. The second kappa shape index (κ2) is 10.6. The topological polar surface area (TPSA) is 92.6 Å². The van der Waals surface area contributed by atoms with Gasteiger partial charge >= 0.3 is 5.97 Å². The summed E-state index contributed by atoms with van der Waals surface area (Å²) in [5, 5.41) is 10.1. The summed E-state index contributed by atoms with van der Waals surface area (Å²) in [6, 6.07) is 1.93. The maximum absolute atomic E-state index is 14.0. The van der Waals surface area contributed by atoms with E-state index in [1.54, 1.807) is 12.4 Å². The quantitative estimate of drug-likeness (QED) is 0.517. The fourth-order valence-corrected chi connectivity index (χ4v) is 6.29. The number of aromatic nitrogens is 2. The smallest absolute Gasteiger partial charge is 0.348 e. The minimum absolute atomic E-state index is 0.0331. The molecule has 0 unspecified atom stereocenters. The molecule has 1 N–H and O–H groups in total. The molecule has 4 rings (SSSR count). The van der Waals surface area contributed by atoms with Crippen LogP contribution in [0, 0.1) is 11.8 Å². The number of carbonyl (C=O) groups excluding carboxylic acids is 1. The normalized spacial score (nSPS) is 25.1. The van der Waals surface area contributed by atoms with Crippen molar-refractivity contribution in [2.45, 2.75) is 96.6 Å². The number of thiophene rings is 1. The van der Waals surface area contributed by atoms with Gasteiger partial charge in [0.25, 0.3) is 0 Å². The first kappa shape index (κ1) is 25.6. The molecular weight excluding hydrogens is 462 g/mol. The third-order valence-corrected chi connectivity index (χ3v) is 8.89. The van der Waals surface area contributed by atoms with Crippen LogP contribution in [0.4, 0.5) is 5.69 Å². The lowest BCUT2D eigenvalue weighted by Crippen LogP contribution is -2.47. The van der Waals surface area contributed by atoms with Gasteiger partial charge in [-0.05, 0) is 68.8 Å². The minimum atomic E-state index is -0.961. The number of hydrogen-bond donors (Lipinski definition) is 1. The second-order valence-corrected chi connectivity index (χ2v) is 12.2. The molecular formula is C27H37N3O4S. The molecule has 2 heterocycles. The van der Waals surface area contributed by atoms with E-state index in [-0.39, 0.29) is 34.3 Å². The van der Waals surface area contributed by atoms with E-state index in [4.69, 9.17) is 4.74 Å². The third-order valence-electron chi connectivity index (χ3n) is 7.36. The van der Waals surface area contributed by atoms with E-state index >= 15 is 0 Å². The summed E-state index contributed by atoms with van der Waals surface area (Å²) < 4.78 is 6.07. The van der Waals surface area contributed by atoms with E-state index in [0.717, 1.165) is 56.2 Å². The highest BCUT2D eigenvalue weighted by Crippen LogP contribution is 2.42. The highest BCUT2D eigenvalue weighted by molar-refractivity contribution is 7.14. The molecule has 2 aromatic rings. The van der Waals surface area contributed by atoms with E-state index in [1.165, 1.54) is 17.7 Å². The van der Waals surface area contributed by atoms with Crippen molar-refractivity contribution >= 4 is 28.9 Å². The first-order valence-electron chi connectivity index (χ1n) is 12.8. The summed E-state index contributed by atoms with van der Waals surface area (Å²) in [6.07, 6.45) is 11.8. The summed E-state index contributed by atoms with van der Waals surface area (Å²) in [5.74, 6) is 0.391. The number of rotatable bonds is 6. The third kappa shape index (κ3) is 6.02. The zero-order valence-corrected chi connectivity index (χ0v) is 22.0. The molecule has 0 spiro atoms. The molecule has 0 bridgehead atoms. The fraction of sp³-hybridized carbons (Fsp3) is 0.630. The van der Waals surface area contributed by atoms with Crippen LogP contribution in [0.25, 0.3) is 0 Å². The molecule has 2 aliphatic rings. The minimum Gasteiger partial charge on any atom is -0.487 e. The second-order valence-electron chi connectivity index (χ2n) is 11.2. The van der Waals surface area contributed by atoms with Crippen molar-refractivity contribution in [3.63, 3.8) is 0 Å². The summed E-state index contributed by atoms with van der Waals surface area (Å²) >= 11 is 1.30. The van der Waals surface area contributed by atoms with Crippen LogP contribution < -0.4 is 9.64 Å². The molecule has 0 aliphatic heterocycles. The molecule has 0 atom stereocenters. The van der Waals surface area contributed by atoms with Crippen LogP contribution >= 0.6 is 11.3 Å². The first-order chi connectivity index (χ1) is 16.6. The number of amides is 1. The van der Waals surface area contributed by atoms with Gasteiger partial charge < -0.3 is 14.7 Å². The Morgan fingerprint density at radius 2 is 1.66 bits per heavy atom. The van der Waals surface area contributed by atoms with Gasteiger partial charge in [0.15, 0.2) is 5.75 Å². The Kier molecular flexibility index (Phi) is 7.79. The van der Waals surface area contributed by atoms with Crippen molar-refractivity contribution in [1.82, 2.24) is 9.97 Å². The lowest BCUT2D eigenvalue weighted by atomic mass is 9.81. The van der Waals surface area contributed by atoms with Gasteiger partial charge in [0, 0.05) is 16.8 Å². The van der Waals surface area contributed by atoms with Crippen LogP contribution in [0.15, 0.2) is 24.8 Å². The molecule has 2 fully saturated rings. The van der Waals surface area contributed by atoms with Crippen molar-refractivity contribution in [3.05, 3.63) is 34.5 Å². The van der Waals surface area contributed by atoms with E-state index in [2.05, 4.69) is 37.7 Å². The van der Waals surface area contributed by atoms with E-state index in [0.29, 0.717) is 17.4 Å². The Labute approximate surface area is 211 Å². The van der Waals surface area contributed by atoms with Gasteiger partial charge in [0.2, 0.25) is 5.91 Å². The van der Waals surface area contributed by atoms with Crippen molar-refractivity contribution in [3.8, 4) is 5.75 Å². The number of aromatic carboxylic acids is 1. The molecule has 1 amide bonds. The molecule has 2 saturated carbocycles. The predicted octanol–water partition coefficient (Wildman–Crippen LogP) is 6.08.